The second-order valence-corrected chi connectivity index (χ2v) is 6.59. The highest BCUT2D eigenvalue weighted by Crippen LogP contribution is 2.30. The van der Waals surface area contributed by atoms with Crippen LogP contribution in [0.25, 0.3) is 5.69 Å². The molecule has 1 saturated heterocycles. The van der Waals surface area contributed by atoms with Crippen molar-refractivity contribution in [2.24, 2.45) is 0 Å². The van der Waals surface area contributed by atoms with Crippen LogP contribution in [0.2, 0.25) is 0 Å². The monoisotopic (exact) mass is 378 g/mol. The molecular formula is C19H24F2N4O2. The van der Waals surface area contributed by atoms with Gasteiger partial charge in [0.1, 0.15) is 0 Å². The first kappa shape index (κ1) is 19.4. The number of hydrogen-bond donors (Lipinski definition) is 1. The molecule has 1 amide bonds. The van der Waals surface area contributed by atoms with Crippen LogP contribution in [-0.2, 0) is 9.53 Å². The molecule has 1 aromatic carbocycles. The van der Waals surface area contributed by atoms with Crippen LogP contribution in [0, 0.1) is 13.8 Å². The minimum Gasteiger partial charge on any atom is -0.378 e. The van der Waals surface area contributed by atoms with Crippen LogP contribution in [0.15, 0.2) is 30.3 Å². The van der Waals surface area contributed by atoms with Crippen LogP contribution in [-0.4, -0.2) is 59.9 Å². The Morgan fingerprint density at radius 3 is 2.78 bits per heavy atom. The average Bonchev–Trinajstić information content (AvgIpc) is 2.95. The Balaban J connectivity index is 1.83. The standard InChI is InChI=1S/C19H24F2N4O2/c1-13-19(14(2)25(23-13)15-6-4-3-5-7-15)16-12-27-9-8-24(16)11-18(26)22-10-17(20)21/h3-7,16-17H,8-12H2,1-2H3,(H,22,26). The molecule has 0 spiro atoms. The number of halogens is 2. The van der Waals surface area contributed by atoms with E-state index in [1.165, 1.54) is 0 Å². The highest BCUT2D eigenvalue weighted by atomic mass is 19.3. The number of rotatable bonds is 6. The predicted molar refractivity (Wildman–Crippen MR) is 97.2 cm³/mol. The number of nitrogens with zero attached hydrogens (tertiary/aromatic N) is 3. The molecule has 27 heavy (non-hydrogen) atoms. The van der Waals surface area contributed by atoms with Gasteiger partial charge in [-0.15, -0.1) is 0 Å². The van der Waals surface area contributed by atoms with Crippen LogP contribution in [0.5, 0.6) is 0 Å². The third-order valence-corrected chi connectivity index (χ3v) is 4.72. The van der Waals surface area contributed by atoms with Crippen molar-refractivity contribution in [2.45, 2.75) is 26.3 Å². The molecule has 1 unspecified atom stereocenters. The number of aromatic nitrogens is 2. The first-order valence-electron chi connectivity index (χ1n) is 8.95. The van der Waals surface area contributed by atoms with Gasteiger partial charge in [0.15, 0.2) is 0 Å². The van der Waals surface area contributed by atoms with Crippen molar-refractivity contribution in [2.75, 3.05) is 32.8 Å². The summed E-state index contributed by atoms with van der Waals surface area (Å²) >= 11 is 0. The lowest BCUT2D eigenvalue weighted by Gasteiger charge is -2.35. The van der Waals surface area contributed by atoms with Gasteiger partial charge in [-0.25, -0.2) is 13.5 Å². The highest BCUT2D eigenvalue weighted by molar-refractivity contribution is 5.78. The van der Waals surface area contributed by atoms with E-state index in [0.717, 1.165) is 22.6 Å². The highest BCUT2D eigenvalue weighted by Gasteiger charge is 2.31. The van der Waals surface area contributed by atoms with Gasteiger partial charge in [0.2, 0.25) is 5.91 Å². The molecular weight excluding hydrogens is 354 g/mol. The molecule has 1 aromatic heterocycles. The molecule has 2 aromatic rings. The normalized spacial score (nSPS) is 18.0. The van der Waals surface area contributed by atoms with E-state index in [0.29, 0.717) is 19.8 Å². The van der Waals surface area contributed by atoms with Crippen molar-refractivity contribution in [3.8, 4) is 5.69 Å². The fraction of sp³-hybridized carbons (Fsp3) is 0.474. The summed E-state index contributed by atoms with van der Waals surface area (Å²) < 4.78 is 32.2. The average molecular weight is 378 g/mol. The number of nitrogens with one attached hydrogen (secondary N) is 1. The zero-order chi connectivity index (χ0) is 19.4. The maximum absolute atomic E-state index is 12.3. The van der Waals surface area contributed by atoms with Gasteiger partial charge in [-0.3, -0.25) is 9.69 Å². The number of carbonyl (C=O) groups is 1. The van der Waals surface area contributed by atoms with Crippen molar-refractivity contribution < 1.29 is 18.3 Å². The van der Waals surface area contributed by atoms with E-state index in [4.69, 9.17) is 4.74 Å². The Morgan fingerprint density at radius 1 is 1.33 bits per heavy atom. The largest absolute Gasteiger partial charge is 0.378 e. The number of alkyl halides is 2. The number of para-hydroxylation sites is 1. The molecule has 0 radical (unpaired) electrons. The Kier molecular flexibility index (Phi) is 6.18. The van der Waals surface area contributed by atoms with Gasteiger partial charge in [-0.05, 0) is 26.0 Å². The summed E-state index contributed by atoms with van der Waals surface area (Å²) in [4.78, 5) is 14.0. The summed E-state index contributed by atoms with van der Waals surface area (Å²) in [6, 6.07) is 9.68. The summed E-state index contributed by atoms with van der Waals surface area (Å²) in [7, 11) is 0. The quantitative estimate of drug-likeness (QED) is 0.838. The van der Waals surface area contributed by atoms with Crippen LogP contribution in [0.1, 0.15) is 23.0 Å². The maximum Gasteiger partial charge on any atom is 0.255 e. The molecule has 8 heteroatoms. The number of aryl methyl sites for hydroxylation is 1. The molecule has 0 aliphatic carbocycles. The number of carbonyl (C=O) groups excluding carboxylic acids is 1. The lowest BCUT2D eigenvalue weighted by molar-refractivity contribution is -0.125. The van der Waals surface area contributed by atoms with Crippen LogP contribution >= 0.6 is 0 Å². The van der Waals surface area contributed by atoms with Crippen LogP contribution in [0.4, 0.5) is 8.78 Å². The first-order valence-corrected chi connectivity index (χ1v) is 8.95. The second kappa shape index (κ2) is 8.58. The Hall–Kier alpha value is -2.32. The van der Waals surface area contributed by atoms with Crippen molar-refractivity contribution in [3.63, 3.8) is 0 Å². The van der Waals surface area contributed by atoms with Gasteiger partial charge in [0.25, 0.3) is 6.43 Å². The minimum absolute atomic E-state index is 0.0517. The Morgan fingerprint density at radius 2 is 2.07 bits per heavy atom. The van der Waals surface area contributed by atoms with Gasteiger partial charge < -0.3 is 10.1 Å². The molecule has 1 atom stereocenters. The molecule has 1 aliphatic rings. The second-order valence-electron chi connectivity index (χ2n) is 6.59. The first-order chi connectivity index (χ1) is 13.0. The zero-order valence-corrected chi connectivity index (χ0v) is 15.5. The smallest absolute Gasteiger partial charge is 0.255 e. The lowest BCUT2D eigenvalue weighted by atomic mass is 10.0. The molecule has 1 N–H and O–H groups in total. The number of morpholine rings is 1. The number of ether oxygens (including phenoxy) is 1. The van der Waals surface area contributed by atoms with E-state index in [1.807, 2.05) is 53.8 Å². The summed E-state index contributed by atoms with van der Waals surface area (Å²) in [6.07, 6.45) is -2.55. The van der Waals surface area contributed by atoms with E-state index in [2.05, 4.69) is 10.4 Å². The van der Waals surface area contributed by atoms with E-state index < -0.39 is 18.9 Å². The maximum atomic E-state index is 12.3. The number of hydrogen-bond acceptors (Lipinski definition) is 4. The van der Waals surface area contributed by atoms with Crippen molar-refractivity contribution >= 4 is 5.91 Å². The SMILES string of the molecule is Cc1nn(-c2ccccc2)c(C)c1C1COCCN1CC(=O)NCC(F)F. The van der Waals surface area contributed by atoms with Gasteiger partial charge in [-0.2, -0.15) is 5.10 Å². The lowest BCUT2D eigenvalue weighted by Crippen LogP contribution is -2.46. The summed E-state index contributed by atoms with van der Waals surface area (Å²) in [5.74, 6) is -0.409. The minimum atomic E-state index is -2.55. The van der Waals surface area contributed by atoms with E-state index in [1.54, 1.807) is 0 Å². The van der Waals surface area contributed by atoms with E-state index in [-0.39, 0.29) is 12.6 Å². The summed E-state index contributed by atoms with van der Waals surface area (Å²) in [5.41, 5.74) is 3.82. The predicted octanol–water partition coefficient (Wildman–Crippen LogP) is 2.24. The van der Waals surface area contributed by atoms with E-state index >= 15 is 0 Å². The molecule has 146 valence electrons. The Bertz CT molecular complexity index is 780. The third-order valence-electron chi connectivity index (χ3n) is 4.72. The third kappa shape index (κ3) is 4.51. The molecule has 1 aliphatic heterocycles. The van der Waals surface area contributed by atoms with Crippen molar-refractivity contribution in [3.05, 3.63) is 47.3 Å². The molecule has 3 rings (SSSR count). The van der Waals surface area contributed by atoms with Gasteiger partial charge in [0.05, 0.1) is 43.7 Å². The number of benzene rings is 1. The summed E-state index contributed by atoms with van der Waals surface area (Å²) in [6.45, 7) is 4.85. The fourth-order valence-electron chi connectivity index (χ4n) is 3.48. The fourth-order valence-corrected chi connectivity index (χ4v) is 3.48. The van der Waals surface area contributed by atoms with Crippen LogP contribution < -0.4 is 5.32 Å². The van der Waals surface area contributed by atoms with E-state index in [9.17, 15) is 13.6 Å². The Labute approximate surface area is 157 Å². The molecule has 0 bridgehead atoms. The van der Waals surface area contributed by atoms with Gasteiger partial charge >= 0.3 is 0 Å². The molecule has 2 heterocycles. The number of amides is 1. The molecule has 6 nitrogen and oxygen atoms in total. The summed E-state index contributed by atoms with van der Waals surface area (Å²) in [5, 5.41) is 6.93. The van der Waals surface area contributed by atoms with Crippen molar-refractivity contribution in [1.82, 2.24) is 20.0 Å². The zero-order valence-electron chi connectivity index (χ0n) is 15.5. The molecule has 0 saturated carbocycles. The van der Waals surface area contributed by atoms with Gasteiger partial charge in [-0.1, -0.05) is 18.2 Å². The molecule has 1 fully saturated rings. The topological polar surface area (TPSA) is 59.4 Å². The van der Waals surface area contributed by atoms with Crippen LogP contribution in [0.3, 0.4) is 0 Å². The van der Waals surface area contributed by atoms with Crippen molar-refractivity contribution in [1.29, 1.82) is 0 Å². The van der Waals surface area contributed by atoms with Gasteiger partial charge in [0, 0.05) is 17.8 Å².